The van der Waals surface area contributed by atoms with Gasteiger partial charge in [0.05, 0.1) is 0 Å². The van der Waals surface area contributed by atoms with Gasteiger partial charge in [-0.3, -0.25) is 0 Å². The Hall–Kier alpha value is -0.200. The van der Waals surface area contributed by atoms with Gasteiger partial charge in [-0.2, -0.15) is 0 Å². The second kappa shape index (κ2) is 27.0. The van der Waals surface area contributed by atoms with Crippen LogP contribution in [0, 0.1) is 40.4 Å². The van der Waals surface area contributed by atoms with Gasteiger partial charge in [0.1, 0.15) is 0 Å². The van der Waals surface area contributed by atoms with Crippen LogP contribution in [0.25, 0.3) is 0 Å². The van der Waals surface area contributed by atoms with Crippen LogP contribution < -0.4 is 27.8 Å². The first-order valence-corrected chi connectivity index (χ1v) is 19.1. The van der Waals surface area contributed by atoms with E-state index in [0.717, 1.165) is 42.2 Å². The Bertz CT molecular complexity index is 599. The van der Waals surface area contributed by atoms with Crippen LogP contribution in [-0.2, 0) is 0 Å². The maximum Gasteiger partial charge on any atom is 0.00753 e. The summed E-state index contributed by atoms with van der Waals surface area (Å²) in [5, 5.41) is 7.62. The second-order valence-corrected chi connectivity index (χ2v) is 14.1. The number of fused-ring (bicyclic) bond motifs is 2. The first kappa shape index (κ1) is 44.9. The van der Waals surface area contributed by atoms with Crippen molar-refractivity contribution in [1.29, 1.82) is 0 Å². The lowest BCUT2D eigenvalue weighted by atomic mass is 9.63. The van der Waals surface area contributed by atoms with Crippen LogP contribution in [-0.4, -0.2) is 46.3 Å². The van der Waals surface area contributed by atoms with Crippen LogP contribution in [0.5, 0.6) is 0 Å². The monoisotopic (exact) mass is 612 g/mol. The van der Waals surface area contributed by atoms with Crippen molar-refractivity contribution in [3.63, 3.8) is 0 Å². The number of nitrogens with one attached hydrogen (secondary N) is 2. The molecule has 0 aliphatic heterocycles. The molecule has 0 aromatic carbocycles. The summed E-state index contributed by atoms with van der Waals surface area (Å²) < 4.78 is 0. The van der Waals surface area contributed by atoms with Gasteiger partial charge in [0.25, 0.3) is 0 Å². The van der Waals surface area contributed by atoms with E-state index in [0.29, 0.717) is 10.8 Å². The molecule has 0 aromatic rings. The molecular formula is C38H85N5. The summed E-state index contributed by atoms with van der Waals surface area (Å²) in [7, 11) is 3.00. The Kier molecular flexibility index (Phi) is 28.2. The molecule has 0 heterocycles. The zero-order valence-corrected chi connectivity index (χ0v) is 31.6. The molecule has 5 heteroatoms. The van der Waals surface area contributed by atoms with E-state index in [1.54, 1.807) is 0 Å². The van der Waals surface area contributed by atoms with Gasteiger partial charge in [-0.1, -0.05) is 101 Å². The second-order valence-electron chi connectivity index (χ2n) is 14.1. The van der Waals surface area contributed by atoms with Crippen LogP contribution in [0.4, 0.5) is 0 Å². The minimum absolute atomic E-state index is 0.556. The third-order valence-electron chi connectivity index (χ3n) is 11.4. The molecule has 3 fully saturated rings. The molecule has 0 spiro atoms. The standard InChI is InChI=1S/C30H58N2.C4H11N.C2H6.2CH5N/c1-7-9-11-16-31-17-12-18-32-27-20-26-19-25-14-15-28(23(3)13-10-8-2)30(25,6)21-24(4)29(26,5)22-27;1-2-3-4-5;3*1-2/h23-28,31-32H,7-22H2,1-6H3;2-5H2,1H3;1-2H3;2*2H2,1H3. The summed E-state index contributed by atoms with van der Waals surface area (Å²) in [6, 6.07) is 0.762. The van der Waals surface area contributed by atoms with Crippen molar-refractivity contribution in [3.8, 4) is 0 Å². The van der Waals surface area contributed by atoms with Crippen molar-refractivity contribution in [2.24, 2.45) is 57.6 Å². The lowest BCUT2D eigenvalue weighted by Gasteiger charge is -2.42. The third kappa shape index (κ3) is 14.8. The van der Waals surface area contributed by atoms with Crippen molar-refractivity contribution in [2.45, 2.75) is 165 Å². The largest absolute Gasteiger partial charge is 0.333 e. The van der Waals surface area contributed by atoms with Gasteiger partial charge in [0, 0.05) is 6.04 Å². The minimum Gasteiger partial charge on any atom is -0.333 e. The molecule has 0 bridgehead atoms. The Labute approximate surface area is 272 Å². The predicted molar refractivity (Wildman–Crippen MR) is 197 cm³/mol. The molecule has 3 aliphatic carbocycles. The zero-order valence-electron chi connectivity index (χ0n) is 31.6. The minimum atomic E-state index is 0.556. The molecule has 262 valence electrons. The van der Waals surface area contributed by atoms with Crippen molar-refractivity contribution in [2.75, 3.05) is 40.3 Å². The average molecular weight is 612 g/mol. The summed E-state index contributed by atoms with van der Waals surface area (Å²) in [5.74, 6) is 4.69. The normalized spacial score (nSPS) is 31.3. The summed E-state index contributed by atoms with van der Waals surface area (Å²) in [6.07, 6.45) is 20.8. The molecule has 0 amide bonds. The van der Waals surface area contributed by atoms with Crippen molar-refractivity contribution in [3.05, 3.63) is 0 Å². The van der Waals surface area contributed by atoms with E-state index in [4.69, 9.17) is 5.73 Å². The topological polar surface area (TPSA) is 102 Å². The molecule has 3 saturated carbocycles. The summed E-state index contributed by atoms with van der Waals surface area (Å²) in [4.78, 5) is 0. The lowest BCUT2D eigenvalue weighted by molar-refractivity contribution is 0.0683. The Balaban J connectivity index is 0. The molecule has 0 saturated heterocycles. The molecule has 0 aromatic heterocycles. The van der Waals surface area contributed by atoms with Crippen LogP contribution in [0.3, 0.4) is 0 Å². The van der Waals surface area contributed by atoms with Gasteiger partial charge in [-0.15, -0.1) is 0 Å². The first-order valence-electron chi connectivity index (χ1n) is 19.1. The summed E-state index contributed by atoms with van der Waals surface area (Å²) in [5.41, 5.74) is 15.3. The summed E-state index contributed by atoms with van der Waals surface area (Å²) >= 11 is 0. The van der Waals surface area contributed by atoms with Gasteiger partial charge < -0.3 is 27.8 Å². The van der Waals surface area contributed by atoms with Gasteiger partial charge in [0.2, 0.25) is 0 Å². The molecule has 3 rings (SSSR count). The van der Waals surface area contributed by atoms with Crippen LogP contribution in [0.1, 0.15) is 159 Å². The van der Waals surface area contributed by atoms with E-state index < -0.39 is 0 Å². The Morgan fingerprint density at radius 2 is 1.33 bits per heavy atom. The smallest absolute Gasteiger partial charge is 0.00753 e. The van der Waals surface area contributed by atoms with Crippen LogP contribution in [0.15, 0.2) is 0 Å². The van der Waals surface area contributed by atoms with Crippen LogP contribution >= 0.6 is 0 Å². The van der Waals surface area contributed by atoms with E-state index in [2.05, 4.69) is 70.6 Å². The first-order chi connectivity index (χ1) is 20.8. The highest BCUT2D eigenvalue weighted by atomic mass is 14.9. The van der Waals surface area contributed by atoms with Crippen molar-refractivity contribution in [1.82, 2.24) is 10.6 Å². The van der Waals surface area contributed by atoms with Crippen LogP contribution in [0.2, 0.25) is 0 Å². The van der Waals surface area contributed by atoms with E-state index in [-0.39, 0.29) is 0 Å². The molecule has 0 radical (unpaired) electrons. The van der Waals surface area contributed by atoms with Gasteiger partial charge in [0.15, 0.2) is 0 Å². The van der Waals surface area contributed by atoms with E-state index >= 15 is 0 Å². The molecular weight excluding hydrogens is 526 g/mol. The van der Waals surface area contributed by atoms with Crippen molar-refractivity contribution >= 4 is 0 Å². The van der Waals surface area contributed by atoms with Gasteiger partial charge in [-0.05, 0) is 138 Å². The Morgan fingerprint density at radius 1 is 0.721 bits per heavy atom. The molecule has 8 atom stereocenters. The fourth-order valence-electron chi connectivity index (χ4n) is 8.81. The molecule has 5 nitrogen and oxygen atoms in total. The van der Waals surface area contributed by atoms with Gasteiger partial charge >= 0.3 is 0 Å². The number of rotatable bonds is 15. The molecule has 8 N–H and O–H groups in total. The number of nitrogens with two attached hydrogens (primary N) is 3. The maximum atomic E-state index is 5.14. The quantitative estimate of drug-likeness (QED) is 0.119. The number of unbranched alkanes of at least 4 members (excludes halogenated alkanes) is 4. The van der Waals surface area contributed by atoms with E-state index in [1.165, 1.54) is 130 Å². The van der Waals surface area contributed by atoms with E-state index in [9.17, 15) is 0 Å². The summed E-state index contributed by atoms with van der Waals surface area (Å²) in [6.45, 7) is 25.8. The molecule has 8 unspecified atom stereocenters. The molecule has 43 heavy (non-hydrogen) atoms. The highest BCUT2D eigenvalue weighted by molar-refractivity contribution is 5.08. The van der Waals surface area contributed by atoms with Gasteiger partial charge in [-0.25, -0.2) is 0 Å². The maximum absolute atomic E-state index is 5.14. The Morgan fingerprint density at radius 3 is 1.88 bits per heavy atom. The lowest BCUT2D eigenvalue weighted by Crippen LogP contribution is -2.36. The van der Waals surface area contributed by atoms with Crippen molar-refractivity contribution < 1.29 is 0 Å². The average Bonchev–Trinajstić information content (AvgIpc) is 3.51. The fourth-order valence-corrected chi connectivity index (χ4v) is 8.81. The SMILES string of the molecule is CC.CCCCCNCCCNC1CC2CC3CCC(C(C)CCCC)C3(C)CC(C)C2(C)C1.CCCCN.CN.CN. The van der Waals surface area contributed by atoms with E-state index in [1.807, 2.05) is 13.8 Å². The molecule has 3 aliphatic rings. The number of hydrogen-bond donors (Lipinski definition) is 5. The fraction of sp³-hybridized carbons (Fsp3) is 1.00. The highest BCUT2D eigenvalue weighted by Crippen LogP contribution is 2.65. The zero-order chi connectivity index (χ0) is 33.3. The third-order valence-corrected chi connectivity index (χ3v) is 11.4. The predicted octanol–water partition coefficient (Wildman–Crippen LogP) is 8.74. The number of hydrogen-bond acceptors (Lipinski definition) is 5. The highest BCUT2D eigenvalue weighted by Gasteiger charge is 2.57.